The number of carbonyl (C=O) groups is 1. The summed E-state index contributed by atoms with van der Waals surface area (Å²) < 4.78 is 5.55. The standard InChI is InChI=1S/C16H22N2O3S/c1-9(7-10(2)19)8-17-15(20)14-12(4)18-16(22-14)13-6-5-11(3)21-13/h5-6,9-10,19H,7-8H2,1-4H3,(H,17,20). The maximum atomic E-state index is 12.3. The second-order valence-corrected chi connectivity index (χ2v) is 6.74. The van der Waals surface area contributed by atoms with Crippen LogP contribution in [0.25, 0.3) is 10.8 Å². The molecule has 2 atom stereocenters. The van der Waals surface area contributed by atoms with Crippen LogP contribution in [0.5, 0.6) is 0 Å². The van der Waals surface area contributed by atoms with E-state index in [0.29, 0.717) is 34.3 Å². The molecule has 1 amide bonds. The van der Waals surface area contributed by atoms with E-state index in [1.807, 2.05) is 32.9 Å². The van der Waals surface area contributed by atoms with Crippen molar-refractivity contribution in [3.63, 3.8) is 0 Å². The average Bonchev–Trinajstić information content (AvgIpc) is 3.01. The van der Waals surface area contributed by atoms with E-state index in [4.69, 9.17) is 4.42 Å². The van der Waals surface area contributed by atoms with Gasteiger partial charge in [0.2, 0.25) is 0 Å². The number of aliphatic hydroxyl groups is 1. The molecule has 0 saturated carbocycles. The van der Waals surface area contributed by atoms with Crippen molar-refractivity contribution in [2.24, 2.45) is 5.92 Å². The van der Waals surface area contributed by atoms with E-state index in [1.165, 1.54) is 11.3 Å². The lowest BCUT2D eigenvalue weighted by atomic mass is 10.0. The quantitative estimate of drug-likeness (QED) is 0.856. The van der Waals surface area contributed by atoms with Crippen LogP contribution in [0.2, 0.25) is 0 Å². The van der Waals surface area contributed by atoms with Gasteiger partial charge in [0.1, 0.15) is 10.6 Å². The fraction of sp³-hybridized carbons (Fsp3) is 0.500. The van der Waals surface area contributed by atoms with Crippen LogP contribution in [0.3, 0.4) is 0 Å². The number of hydrogen-bond donors (Lipinski definition) is 2. The summed E-state index contributed by atoms with van der Waals surface area (Å²) in [5.74, 6) is 1.61. The highest BCUT2D eigenvalue weighted by Gasteiger charge is 2.18. The molecular weight excluding hydrogens is 300 g/mol. The normalized spacial score (nSPS) is 13.9. The van der Waals surface area contributed by atoms with Gasteiger partial charge >= 0.3 is 0 Å². The minimum Gasteiger partial charge on any atom is -0.459 e. The van der Waals surface area contributed by atoms with Gasteiger partial charge in [-0.2, -0.15) is 0 Å². The Kier molecular flexibility index (Phi) is 5.37. The number of aromatic nitrogens is 1. The van der Waals surface area contributed by atoms with E-state index < -0.39 is 0 Å². The van der Waals surface area contributed by atoms with Gasteiger partial charge in [0.05, 0.1) is 11.8 Å². The minimum atomic E-state index is -0.356. The summed E-state index contributed by atoms with van der Waals surface area (Å²) in [6.45, 7) is 7.99. The minimum absolute atomic E-state index is 0.123. The van der Waals surface area contributed by atoms with Crippen LogP contribution in [-0.4, -0.2) is 28.6 Å². The number of aliphatic hydroxyl groups excluding tert-OH is 1. The molecule has 2 heterocycles. The molecule has 2 aromatic heterocycles. The maximum Gasteiger partial charge on any atom is 0.263 e. The van der Waals surface area contributed by atoms with Gasteiger partial charge in [-0.1, -0.05) is 6.92 Å². The van der Waals surface area contributed by atoms with Gasteiger partial charge in [-0.05, 0) is 45.2 Å². The van der Waals surface area contributed by atoms with E-state index >= 15 is 0 Å². The van der Waals surface area contributed by atoms with Crippen LogP contribution >= 0.6 is 11.3 Å². The summed E-state index contributed by atoms with van der Waals surface area (Å²) in [7, 11) is 0. The number of rotatable bonds is 6. The van der Waals surface area contributed by atoms with E-state index in [9.17, 15) is 9.90 Å². The number of nitrogens with zero attached hydrogens (tertiary/aromatic N) is 1. The first-order valence-electron chi connectivity index (χ1n) is 7.37. The molecule has 2 N–H and O–H groups in total. The van der Waals surface area contributed by atoms with Gasteiger partial charge in [0.25, 0.3) is 5.91 Å². The fourth-order valence-electron chi connectivity index (χ4n) is 2.27. The zero-order chi connectivity index (χ0) is 16.3. The largest absolute Gasteiger partial charge is 0.459 e. The Morgan fingerprint density at radius 2 is 2.14 bits per heavy atom. The SMILES string of the molecule is Cc1ccc(-c2nc(C)c(C(=O)NCC(C)CC(C)O)s2)o1. The average molecular weight is 322 g/mol. The van der Waals surface area contributed by atoms with Gasteiger partial charge in [-0.15, -0.1) is 11.3 Å². The molecule has 0 aliphatic heterocycles. The molecule has 0 spiro atoms. The topological polar surface area (TPSA) is 75.4 Å². The molecule has 0 fully saturated rings. The lowest BCUT2D eigenvalue weighted by Crippen LogP contribution is -2.29. The first-order chi connectivity index (χ1) is 10.4. The zero-order valence-corrected chi connectivity index (χ0v) is 14.2. The Bertz CT molecular complexity index is 646. The van der Waals surface area contributed by atoms with Crippen molar-refractivity contribution >= 4 is 17.2 Å². The van der Waals surface area contributed by atoms with Crippen molar-refractivity contribution in [2.45, 2.75) is 40.2 Å². The Morgan fingerprint density at radius 3 is 2.73 bits per heavy atom. The fourth-order valence-corrected chi connectivity index (χ4v) is 3.22. The van der Waals surface area contributed by atoms with Crippen molar-refractivity contribution in [2.75, 3.05) is 6.54 Å². The second kappa shape index (κ2) is 7.07. The number of nitrogens with one attached hydrogen (secondary N) is 1. The molecule has 0 aliphatic rings. The summed E-state index contributed by atoms with van der Waals surface area (Å²) in [6.07, 6.45) is 0.310. The van der Waals surface area contributed by atoms with Gasteiger partial charge in [-0.25, -0.2) is 4.98 Å². The summed E-state index contributed by atoms with van der Waals surface area (Å²) in [4.78, 5) is 17.3. The van der Waals surface area contributed by atoms with Crippen LogP contribution in [0.4, 0.5) is 0 Å². The molecule has 2 rings (SSSR count). The van der Waals surface area contributed by atoms with E-state index in [1.54, 1.807) is 6.92 Å². The van der Waals surface area contributed by atoms with Crippen molar-refractivity contribution in [3.05, 3.63) is 28.5 Å². The molecule has 0 radical (unpaired) electrons. The molecule has 2 unspecified atom stereocenters. The highest BCUT2D eigenvalue weighted by atomic mass is 32.1. The molecular formula is C16H22N2O3S. The number of thiazole rings is 1. The number of carbonyl (C=O) groups excluding carboxylic acids is 1. The van der Waals surface area contributed by atoms with Crippen molar-refractivity contribution in [1.82, 2.24) is 10.3 Å². The van der Waals surface area contributed by atoms with Crippen molar-refractivity contribution < 1.29 is 14.3 Å². The summed E-state index contributed by atoms with van der Waals surface area (Å²) >= 11 is 1.33. The maximum absolute atomic E-state index is 12.3. The molecule has 120 valence electrons. The van der Waals surface area contributed by atoms with Gasteiger partial charge in [-0.3, -0.25) is 4.79 Å². The van der Waals surface area contributed by atoms with Crippen LogP contribution in [0.1, 0.15) is 41.4 Å². The first kappa shape index (κ1) is 16.7. The van der Waals surface area contributed by atoms with Crippen molar-refractivity contribution in [1.29, 1.82) is 0 Å². The molecule has 0 bridgehead atoms. The Labute approximate surface area is 134 Å². The molecule has 0 aromatic carbocycles. The van der Waals surface area contributed by atoms with E-state index in [2.05, 4.69) is 10.3 Å². The van der Waals surface area contributed by atoms with Crippen LogP contribution in [-0.2, 0) is 0 Å². The predicted molar refractivity (Wildman–Crippen MR) is 87.1 cm³/mol. The van der Waals surface area contributed by atoms with Crippen LogP contribution in [0.15, 0.2) is 16.5 Å². The Balaban J connectivity index is 2.03. The highest BCUT2D eigenvalue weighted by molar-refractivity contribution is 7.17. The molecule has 2 aromatic rings. The first-order valence-corrected chi connectivity index (χ1v) is 8.19. The third kappa shape index (κ3) is 4.18. The highest BCUT2D eigenvalue weighted by Crippen LogP contribution is 2.29. The summed E-state index contributed by atoms with van der Waals surface area (Å²) in [5, 5.41) is 13.0. The lowest BCUT2D eigenvalue weighted by molar-refractivity contribution is 0.0942. The molecule has 5 nitrogen and oxygen atoms in total. The molecule has 6 heteroatoms. The zero-order valence-electron chi connectivity index (χ0n) is 13.3. The van der Waals surface area contributed by atoms with Gasteiger partial charge < -0.3 is 14.8 Å². The van der Waals surface area contributed by atoms with Gasteiger partial charge in [0.15, 0.2) is 10.8 Å². The number of amides is 1. The van der Waals surface area contributed by atoms with Crippen molar-refractivity contribution in [3.8, 4) is 10.8 Å². The monoisotopic (exact) mass is 322 g/mol. The van der Waals surface area contributed by atoms with Crippen LogP contribution in [0, 0.1) is 19.8 Å². The summed E-state index contributed by atoms with van der Waals surface area (Å²) in [6, 6.07) is 3.74. The Hall–Kier alpha value is -1.66. The van der Waals surface area contributed by atoms with E-state index in [-0.39, 0.29) is 17.9 Å². The Morgan fingerprint density at radius 1 is 1.41 bits per heavy atom. The number of furan rings is 1. The molecule has 22 heavy (non-hydrogen) atoms. The lowest BCUT2D eigenvalue weighted by Gasteiger charge is -2.13. The number of aryl methyl sites for hydroxylation is 2. The third-order valence-corrected chi connectivity index (χ3v) is 4.48. The molecule has 0 aliphatic carbocycles. The predicted octanol–water partition coefficient (Wildman–Crippen LogP) is 3.16. The van der Waals surface area contributed by atoms with Crippen LogP contribution < -0.4 is 5.32 Å². The molecule has 0 saturated heterocycles. The smallest absolute Gasteiger partial charge is 0.263 e. The summed E-state index contributed by atoms with van der Waals surface area (Å²) in [5.41, 5.74) is 0.703. The van der Waals surface area contributed by atoms with Gasteiger partial charge in [0, 0.05) is 6.54 Å². The third-order valence-electron chi connectivity index (χ3n) is 3.31. The van der Waals surface area contributed by atoms with E-state index in [0.717, 1.165) is 5.76 Å². The number of hydrogen-bond acceptors (Lipinski definition) is 5. The second-order valence-electron chi connectivity index (χ2n) is 5.74.